The molecule has 3 aliphatic rings. The van der Waals surface area contributed by atoms with Gasteiger partial charge >= 0.3 is 0 Å². The Bertz CT molecular complexity index is 772. The van der Waals surface area contributed by atoms with Crippen LogP contribution < -0.4 is 10.2 Å². The minimum absolute atomic E-state index is 0.486. The van der Waals surface area contributed by atoms with Crippen molar-refractivity contribution in [3.05, 3.63) is 47.9 Å². The predicted octanol–water partition coefficient (Wildman–Crippen LogP) is 3.05. The van der Waals surface area contributed by atoms with Crippen molar-refractivity contribution in [1.82, 2.24) is 5.32 Å². The van der Waals surface area contributed by atoms with Gasteiger partial charge in [-0.3, -0.25) is 4.99 Å². The van der Waals surface area contributed by atoms with Crippen LogP contribution in [0.5, 0.6) is 0 Å². The number of hydrogen-bond acceptors (Lipinski definition) is 6. The van der Waals surface area contributed by atoms with Gasteiger partial charge in [0.05, 0.1) is 36.5 Å². The van der Waals surface area contributed by atoms with Gasteiger partial charge in [-0.2, -0.15) is 0 Å². The molecule has 0 spiro atoms. The molecule has 1 aromatic carbocycles. The highest BCUT2D eigenvalue weighted by molar-refractivity contribution is 6.12. The van der Waals surface area contributed by atoms with Gasteiger partial charge in [0.2, 0.25) is 0 Å². The van der Waals surface area contributed by atoms with E-state index < -0.39 is 0 Å². The SMILES string of the molecule is C=N/C=C1/NC(C2CCOCC2)=C/C1=N/c1cccc(N2CCOCC2)c1. The number of allylic oxidation sites excluding steroid dienone is 2. The maximum absolute atomic E-state index is 5.48. The monoisotopic (exact) mass is 366 g/mol. The molecule has 1 aromatic rings. The van der Waals surface area contributed by atoms with E-state index in [0.717, 1.165) is 69.5 Å². The van der Waals surface area contributed by atoms with Crippen LogP contribution in [0.3, 0.4) is 0 Å². The average Bonchev–Trinajstić information content (AvgIpc) is 3.12. The van der Waals surface area contributed by atoms with Crippen LogP contribution in [0.2, 0.25) is 0 Å². The largest absolute Gasteiger partial charge is 0.381 e. The number of benzene rings is 1. The second-order valence-electron chi connectivity index (χ2n) is 6.95. The van der Waals surface area contributed by atoms with Crippen molar-refractivity contribution < 1.29 is 9.47 Å². The first-order valence-corrected chi connectivity index (χ1v) is 9.57. The Morgan fingerprint density at radius 1 is 1.11 bits per heavy atom. The lowest BCUT2D eigenvalue weighted by atomic mass is 9.97. The molecule has 2 saturated heterocycles. The van der Waals surface area contributed by atoms with Gasteiger partial charge in [-0.1, -0.05) is 6.07 Å². The molecule has 3 heterocycles. The summed E-state index contributed by atoms with van der Waals surface area (Å²) in [7, 11) is 0. The van der Waals surface area contributed by atoms with E-state index in [1.165, 1.54) is 11.4 Å². The average molecular weight is 366 g/mol. The second kappa shape index (κ2) is 8.50. The minimum Gasteiger partial charge on any atom is -0.381 e. The zero-order valence-corrected chi connectivity index (χ0v) is 15.6. The molecule has 0 aliphatic carbocycles. The lowest BCUT2D eigenvalue weighted by molar-refractivity contribution is 0.0747. The second-order valence-corrected chi connectivity index (χ2v) is 6.95. The predicted molar refractivity (Wildman–Crippen MR) is 109 cm³/mol. The Kier molecular flexibility index (Phi) is 5.65. The standard InChI is InChI=1S/C21H26N4O2/c1-22-15-21-20(14-19(24-21)16-5-9-26-10-6-16)23-17-3-2-4-18(13-17)25-7-11-27-12-8-25/h2-4,13-16,24H,1,5-12H2/b21-15+,23-20-. The number of nitrogens with zero attached hydrogens (tertiary/aromatic N) is 3. The Labute approximate surface area is 160 Å². The van der Waals surface area contributed by atoms with Crippen LogP contribution in [0.15, 0.2) is 57.9 Å². The van der Waals surface area contributed by atoms with Crippen molar-refractivity contribution in [3.8, 4) is 0 Å². The number of hydrogen-bond donors (Lipinski definition) is 1. The van der Waals surface area contributed by atoms with E-state index in [-0.39, 0.29) is 0 Å². The van der Waals surface area contributed by atoms with Crippen LogP contribution in [0.1, 0.15) is 12.8 Å². The first kappa shape index (κ1) is 17.9. The summed E-state index contributed by atoms with van der Waals surface area (Å²) < 4.78 is 10.9. The summed E-state index contributed by atoms with van der Waals surface area (Å²) in [5.41, 5.74) is 5.14. The van der Waals surface area contributed by atoms with Gasteiger partial charge in [0, 0.05) is 43.6 Å². The first-order valence-electron chi connectivity index (χ1n) is 9.57. The molecule has 142 valence electrons. The molecule has 6 heteroatoms. The molecule has 6 nitrogen and oxygen atoms in total. The van der Waals surface area contributed by atoms with Gasteiger partial charge < -0.3 is 19.7 Å². The highest BCUT2D eigenvalue weighted by Crippen LogP contribution is 2.29. The van der Waals surface area contributed by atoms with Crippen molar-refractivity contribution in [3.63, 3.8) is 0 Å². The molecule has 0 saturated carbocycles. The summed E-state index contributed by atoms with van der Waals surface area (Å²) in [6.45, 7) is 8.61. The van der Waals surface area contributed by atoms with Crippen molar-refractivity contribution in [2.24, 2.45) is 15.9 Å². The molecule has 2 fully saturated rings. The Morgan fingerprint density at radius 2 is 1.89 bits per heavy atom. The Morgan fingerprint density at radius 3 is 2.67 bits per heavy atom. The van der Waals surface area contributed by atoms with Crippen LogP contribution in [-0.4, -0.2) is 51.9 Å². The maximum atomic E-state index is 5.48. The van der Waals surface area contributed by atoms with E-state index in [1.54, 1.807) is 6.20 Å². The fourth-order valence-electron chi connectivity index (χ4n) is 3.71. The summed E-state index contributed by atoms with van der Waals surface area (Å²) in [5.74, 6) is 0.486. The molecule has 0 amide bonds. The molecule has 0 aromatic heterocycles. The third kappa shape index (κ3) is 4.28. The van der Waals surface area contributed by atoms with E-state index in [4.69, 9.17) is 14.5 Å². The summed E-state index contributed by atoms with van der Waals surface area (Å²) in [6.07, 6.45) is 5.96. The zero-order chi connectivity index (χ0) is 18.5. The minimum atomic E-state index is 0.486. The van der Waals surface area contributed by atoms with Crippen LogP contribution in [0.25, 0.3) is 0 Å². The third-order valence-corrected chi connectivity index (χ3v) is 5.18. The fourth-order valence-corrected chi connectivity index (χ4v) is 3.71. The van der Waals surface area contributed by atoms with Crippen molar-refractivity contribution in [2.75, 3.05) is 44.4 Å². The quantitative estimate of drug-likeness (QED) is 0.832. The van der Waals surface area contributed by atoms with Crippen molar-refractivity contribution >= 4 is 23.8 Å². The molecule has 0 unspecified atom stereocenters. The highest BCUT2D eigenvalue weighted by Gasteiger charge is 2.25. The van der Waals surface area contributed by atoms with Gasteiger partial charge in [0.25, 0.3) is 0 Å². The zero-order valence-electron chi connectivity index (χ0n) is 15.6. The molecule has 0 radical (unpaired) electrons. The summed E-state index contributed by atoms with van der Waals surface area (Å²) in [6, 6.07) is 8.37. The van der Waals surface area contributed by atoms with Crippen LogP contribution in [0, 0.1) is 5.92 Å². The lowest BCUT2D eigenvalue weighted by Crippen LogP contribution is -2.36. The lowest BCUT2D eigenvalue weighted by Gasteiger charge is -2.28. The van der Waals surface area contributed by atoms with Crippen molar-refractivity contribution in [1.29, 1.82) is 0 Å². The smallest absolute Gasteiger partial charge is 0.0904 e. The van der Waals surface area contributed by atoms with E-state index in [9.17, 15) is 0 Å². The number of ether oxygens (including phenoxy) is 2. The van der Waals surface area contributed by atoms with Crippen molar-refractivity contribution in [2.45, 2.75) is 12.8 Å². The number of nitrogens with one attached hydrogen (secondary N) is 1. The first-order chi connectivity index (χ1) is 13.3. The number of rotatable bonds is 4. The molecule has 0 atom stereocenters. The van der Waals surface area contributed by atoms with E-state index in [1.807, 2.05) is 6.07 Å². The Hall–Kier alpha value is -2.44. The van der Waals surface area contributed by atoms with Gasteiger partial charge in [-0.05, 0) is 43.8 Å². The summed E-state index contributed by atoms with van der Waals surface area (Å²) >= 11 is 0. The topological polar surface area (TPSA) is 58.5 Å². The molecule has 27 heavy (non-hydrogen) atoms. The van der Waals surface area contributed by atoms with Crippen LogP contribution >= 0.6 is 0 Å². The van der Waals surface area contributed by atoms with Gasteiger partial charge in [0.15, 0.2) is 0 Å². The summed E-state index contributed by atoms with van der Waals surface area (Å²) in [5, 5.41) is 3.49. The maximum Gasteiger partial charge on any atom is 0.0904 e. The van der Waals surface area contributed by atoms with Crippen LogP contribution in [-0.2, 0) is 9.47 Å². The Balaban J connectivity index is 1.59. The number of anilines is 1. The fraction of sp³-hybridized carbons (Fsp3) is 0.429. The van der Waals surface area contributed by atoms with E-state index in [2.05, 4.69) is 46.2 Å². The molecule has 3 aliphatic heterocycles. The molecular weight excluding hydrogens is 340 g/mol. The van der Waals surface area contributed by atoms with Gasteiger partial charge in [0.1, 0.15) is 0 Å². The highest BCUT2D eigenvalue weighted by atomic mass is 16.5. The molecule has 4 rings (SSSR count). The van der Waals surface area contributed by atoms with Crippen LogP contribution in [0.4, 0.5) is 11.4 Å². The summed E-state index contributed by atoms with van der Waals surface area (Å²) in [4.78, 5) is 11.2. The third-order valence-electron chi connectivity index (χ3n) is 5.18. The van der Waals surface area contributed by atoms with Gasteiger partial charge in [-0.25, -0.2) is 4.99 Å². The normalized spacial score (nSPS) is 24.1. The van der Waals surface area contributed by atoms with E-state index >= 15 is 0 Å². The molecule has 1 N–H and O–H groups in total. The number of aliphatic imine (C=N–C) groups is 2. The molecule has 0 bridgehead atoms. The van der Waals surface area contributed by atoms with Gasteiger partial charge in [-0.15, -0.1) is 0 Å². The number of morpholine rings is 1. The van der Waals surface area contributed by atoms with E-state index in [0.29, 0.717) is 5.92 Å². The molecular formula is C21H26N4O2.